The standard InChI is InChI=1S/C16H13FN2O3S/c1-10(19(22)16(18)21)2-7-13-8-9-14(23-13)15(20)11-3-5-12(17)6-4-11/h3-6,8-10,22H,1H3,(H2,18,21)/t10-/m1/s1. The lowest BCUT2D eigenvalue weighted by atomic mass is 10.1. The lowest BCUT2D eigenvalue weighted by Gasteiger charge is -2.14. The second kappa shape index (κ2) is 7.05. The average molecular weight is 332 g/mol. The number of benzene rings is 1. The molecule has 0 aliphatic heterocycles. The molecule has 0 fully saturated rings. The smallest absolute Gasteiger partial charge is 0.339 e. The number of urea groups is 1. The maximum atomic E-state index is 12.9. The second-order valence-corrected chi connectivity index (χ2v) is 5.71. The first-order valence-electron chi connectivity index (χ1n) is 6.57. The van der Waals surface area contributed by atoms with E-state index in [1.165, 1.54) is 42.5 Å². The largest absolute Gasteiger partial charge is 0.350 e. The van der Waals surface area contributed by atoms with Gasteiger partial charge >= 0.3 is 6.03 Å². The van der Waals surface area contributed by atoms with Crippen LogP contribution < -0.4 is 5.73 Å². The molecule has 0 aliphatic carbocycles. The number of hydroxylamine groups is 2. The van der Waals surface area contributed by atoms with E-state index in [1.54, 1.807) is 12.1 Å². The van der Waals surface area contributed by atoms with Gasteiger partial charge in [0.15, 0.2) is 0 Å². The van der Waals surface area contributed by atoms with Crippen molar-refractivity contribution in [2.75, 3.05) is 0 Å². The van der Waals surface area contributed by atoms with Crippen molar-refractivity contribution in [1.82, 2.24) is 5.06 Å². The quantitative estimate of drug-likeness (QED) is 0.392. The van der Waals surface area contributed by atoms with Crippen molar-refractivity contribution in [2.24, 2.45) is 5.73 Å². The molecule has 1 aromatic heterocycles. The number of hydrogen-bond donors (Lipinski definition) is 2. The Labute approximate surface area is 136 Å². The van der Waals surface area contributed by atoms with E-state index < -0.39 is 17.9 Å². The number of nitrogens with zero attached hydrogens (tertiary/aromatic N) is 1. The van der Waals surface area contributed by atoms with E-state index in [1.807, 2.05) is 0 Å². The molecular formula is C16H13FN2O3S. The van der Waals surface area contributed by atoms with Gasteiger partial charge < -0.3 is 5.73 Å². The molecule has 0 spiro atoms. The van der Waals surface area contributed by atoms with Crippen LogP contribution in [-0.4, -0.2) is 28.1 Å². The number of halogens is 1. The fraction of sp³-hybridized carbons (Fsp3) is 0.125. The lowest BCUT2D eigenvalue weighted by molar-refractivity contribution is -0.0536. The Morgan fingerprint density at radius 2 is 1.91 bits per heavy atom. The fourth-order valence-electron chi connectivity index (χ4n) is 1.70. The Balaban J connectivity index is 2.14. The van der Waals surface area contributed by atoms with Crippen molar-refractivity contribution in [3.05, 3.63) is 57.5 Å². The number of amides is 2. The normalized spacial score (nSPS) is 11.3. The minimum absolute atomic E-state index is 0.225. The van der Waals surface area contributed by atoms with Gasteiger partial charge in [-0.2, -0.15) is 5.06 Å². The molecule has 0 bridgehead atoms. The Bertz CT molecular complexity index is 790. The van der Waals surface area contributed by atoms with Crippen LogP contribution in [-0.2, 0) is 0 Å². The van der Waals surface area contributed by atoms with Crippen LogP contribution in [0, 0.1) is 17.7 Å². The summed E-state index contributed by atoms with van der Waals surface area (Å²) in [4.78, 5) is 24.1. The van der Waals surface area contributed by atoms with Gasteiger partial charge in [0.05, 0.1) is 9.75 Å². The Kier molecular flexibility index (Phi) is 5.11. The summed E-state index contributed by atoms with van der Waals surface area (Å²) in [6.45, 7) is 1.51. The van der Waals surface area contributed by atoms with Gasteiger partial charge in [0.1, 0.15) is 11.9 Å². The predicted octanol–water partition coefficient (Wildman–Crippen LogP) is 2.63. The second-order valence-electron chi connectivity index (χ2n) is 4.63. The first-order chi connectivity index (χ1) is 10.9. The number of primary amides is 1. The van der Waals surface area contributed by atoms with Crippen LogP contribution in [0.15, 0.2) is 36.4 Å². The zero-order valence-corrected chi connectivity index (χ0v) is 12.9. The van der Waals surface area contributed by atoms with Gasteiger partial charge in [-0.05, 0) is 43.3 Å². The van der Waals surface area contributed by atoms with E-state index in [-0.39, 0.29) is 5.78 Å². The monoisotopic (exact) mass is 332 g/mol. The van der Waals surface area contributed by atoms with Crippen LogP contribution in [0.25, 0.3) is 0 Å². The van der Waals surface area contributed by atoms with Crippen molar-refractivity contribution in [3.63, 3.8) is 0 Å². The molecule has 1 atom stereocenters. The summed E-state index contributed by atoms with van der Waals surface area (Å²) in [7, 11) is 0. The van der Waals surface area contributed by atoms with Crippen molar-refractivity contribution in [1.29, 1.82) is 0 Å². The van der Waals surface area contributed by atoms with Crippen LogP contribution in [0.3, 0.4) is 0 Å². The maximum Gasteiger partial charge on any atom is 0.339 e. The fourth-order valence-corrected chi connectivity index (χ4v) is 2.53. The predicted molar refractivity (Wildman–Crippen MR) is 83.7 cm³/mol. The molecule has 118 valence electrons. The molecule has 1 heterocycles. The van der Waals surface area contributed by atoms with Crippen molar-refractivity contribution in [2.45, 2.75) is 13.0 Å². The maximum absolute atomic E-state index is 12.9. The van der Waals surface area contributed by atoms with Crippen molar-refractivity contribution in [3.8, 4) is 11.8 Å². The first-order valence-corrected chi connectivity index (χ1v) is 7.39. The highest BCUT2D eigenvalue weighted by atomic mass is 32.1. The summed E-state index contributed by atoms with van der Waals surface area (Å²) in [6.07, 6.45) is 0. The third-order valence-corrected chi connectivity index (χ3v) is 3.93. The highest BCUT2D eigenvalue weighted by Gasteiger charge is 2.13. The Morgan fingerprint density at radius 3 is 2.52 bits per heavy atom. The summed E-state index contributed by atoms with van der Waals surface area (Å²) in [5.41, 5.74) is 5.31. The SMILES string of the molecule is C[C@H](C#Cc1ccc(C(=O)c2ccc(F)cc2)s1)N(O)C(N)=O. The molecule has 0 saturated carbocycles. The number of rotatable bonds is 3. The number of hydrogen-bond acceptors (Lipinski definition) is 4. The van der Waals surface area contributed by atoms with Crippen LogP contribution in [0.1, 0.15) is 27.0 Å². The minimum Gasteiger partial charge on any atom is -0.350 e. The molecule has 7 heteroatoms. The van der Waals surface area contributed by atoms with Crippen LogP contribution in [0.4, 0.5) is 9.18 Å². The molecule has 2 amide bonds. The van der Waals surface area contributed by atoms with Crippen LogP contribution >= 0.6 is 11.3 Å². The summed E-state index contributed by atoms with van der Waals surface area (Å²) in [5, 5.41) is 9.64. The first kappa shape index (κ1) is 16.7. The molecule has 1 aromatic carbocycles. The van der Waals surface area contributed by atoms with Crippen LogP contribution in [0.2, 0.25) is 0 Å². The number of nitrogens with two attached hydrogens (primary N) is 1. The Morgan fingerprint density at radius 1 is 1.26 bits per heavy atom. The van der Waals surface area contributed by atoms with E-state index in [4.69, 9.17) is 5.73 Å². The molecule has 23 heavy (non-hydrogen) atoms. The van der Waals surface area contributed by atoms with Crippen molar-refractivity contribution >= 4 is 23.2 Å². The molecule has 0 saturated heterocycles. The Hall–Kier alpha value is -2.69. The minimum atomic E-state index is -0.995. The van der Waals surface area contributed by atoms with Gasteiger partial charge in [-0.3, -0.25) is 10.0 Å². The topological polar surface area (TPSA) is 83.6 Å². The third-order valence-electron chi connectivity index (χ3n) is 2.93. The zero-order valence-electron chi connectivity index (χ0n) is 12.1. The molecule has 0 unspecified atom stereocenters. The molecule has 3 N–H and O–H groups in total. The molecule has 2 aromatic rings. The van der Waals surface area contributed by atoms with E-state index in [0.29, 0.717) is 20.4 Å². The molecule has 5 nitrogen and oxygen atoms in total. The lowest BCUT2D eigenvalue weighted by Crippen LogP contribution is -2.38. The number of carbonyl (C=O) groups excluding carboxylic acids is 2. The third kappa shape index (κ3) is 4.16. The van der Waals surface area contributed by atoms with Crippen LogP contribution in [0.5, 0.6) is 0 Å². The summed E-state index contributed by atoms with van der Waals surface area (Å²) >= 11 is 1.17. The van der Waals surface area contributed by atoms with Gasteiger partial charge in [0, 0.05) is 5.56 Å². The van der Waals surface area contributed by atoms with E-state index in [9.17, 15) is 19.2 Å². The molecular weight excluding hydrogens is 319 g/mol. The van der Waals surface area contributed by atoms with Gasteiger partial charge in [-0.1, -0.05) is 11.8 Å². The highest BCUT2D eigenvalue weighted by molar-refractivity contribution is 7.14. The van der Waals surface area contributed by atoms with Gasteiger partial charge in [0.2, 0.25) is 5.78 Å². The van der Waals surface area contributed by atoms with E-state index >= 15 is 0 Å². The zero-order chi connectivity index (χ0) is 17.0. The summed E-state index contributed by atoms with van der Waals surface area (Å²) in [6, 6.07) is 6.80. The summed E-state index contributed by atoms with van der Waals surface area (Å²) in [5.74, 6) is 4.79. The summed E-state index contributed by atoms with van der Waals surface area (Å²) < 4.78 is 12.9. The average Bonchev–Trinajstić information content (AvgIpc) is 3.00. The van der Waals surface area contributed by atoms with Gasteiger partial charge in [0.25, 0.3) is 0 Å². The van der Waals surface area contributed by atoms with E-state index in [0.717, 1.165) is 0 Å². The number of thiophene rings is 1. The number of ketones is 1. The highest BCUT2D eigenvalue weighted by Crippen LogP contribution is 2.19. The van der Waals surface area contributed by atoms with Crippen molar-refractivity contribution < 1.29 is 19.2 Å². The molecule has 0 aliphatic rings. The van der Waals surface area contributed by atoms with E-state index in [2.05, 4.69) is 11.8 Å². The molecule has 2 rings (SSSR count). The van der Waals surface area contributed by atoms with Gasteiger partial charge in [-0.25, -0.2) is 9.18 Å². The molecule has 0 radical (unpaired) electrons. The number of carbonyl (C=O) groups is 2. The van der Waals surface area contributed by atoms with Gasteiger partial charge in [-0.15, -0.1) is 11.3 Å².